The standard InChI is InChI=1S/C22H23FN2O.C2HF3O2/c23-18-7-3-1-5-16(18)22(9-10-22)20(26)25-15-21(11-13-24-14-12-21)17-6-2-4-8-19(17)25;3-2(4,5)1(6)7/h1-8,24H,9-15H2;(H,6,7). The van der Waals surface area contributed by atoms with Crippen molar-refractivity contribution in [2.45, 2.75) is 42.7 Å². The summed E-state index contributed by atoms with van der Waals surface area (Å²) in [4.78, 5) is 24.5. The number of carboxylic acid groups (broad SMARTS) is 1. The number of nitrogens with zero attached hydrogens (tertiary/aromatic N) is 1. The highest BCUT2D eigenvalue weighted by Crippen LogP contribution is 2.54. The first-order valence-electron chi connectivity index (χ1n) is 10.8. The molecular weight excluding hydrogens is 440 g/mol. The van der Waals surface area contributed by atoms with Gasteiger partial charge in [-0.1, -0.05) is 36.4 Å². The lowest BCUT2D eigenvalue weighted by Crippen LogP contribution is -2.46. The molecule has 9 heteroatoms. The fraction of sp³-hybridized carbons (Fsp3) is 0.417. The molecule has 0 atom stereocenters. The second kappa shape index (κ2) is 8.44. The molecule has 2 aromatic carbocycles. The van der Waals surface area contributed by atoms with Gasteiger partial charge >= 0.3 is 12.1 Å². The van der Waals surface area contributed by atoms with E-state index in [0.717, 1.165) is 51.0 Å². The molecule has 1 aliphatic carbocycles. The third-order valence-electron chi connectivity index (χ3n) is 6.82. The van der Waals surface area contributed by atoms with Crippen molar-refractivity contribution < 1.29 is 32.3 Å². The number of halogens is 4. The van der Waals surface area contributed by atoms with E-state index in [1.54, 1.807) is 12.1 Å². The van der Waals surface area contributed by atoms with Crippen molar-refractivity contribution in [1.29, 1.82) is 0 Å². The van der Waals surface area contributed by atoms with Gasteiger partial charge in [-0.05, 0) is 56.5 Å². The van der Waals surface area contributed by atoms with Crippen LogP contribution in [-0.4, -0.2) is 42.8 Å². The highest BCUT2D eigenvalue weighted by atomic mass is 19.4. The molecule has 0 bridgehead atoms. The number of hydrogen-bond donors (Lipinski definition) is 2. The van der Waals surface area contributed by atoms with Crippen molar-refractivity contribution in [3.63, 3.8) is 0 Å². The first kappa shape index (κ1) is 23.2. The lowest BCUT2D eigenvalue weighted by Gasteiger charge is -2.35. The SMILES string of the molecule is O=C(N1CC2(CCNCC2)c2ccccc21)C1(c2ccccc2F)CC1.O=C(O)C(F)(F)F. The van der Waals surface area contributed by atoms with E-state index in [2.05, 4.69) is 23.5 Å². The van der Waals surface area contributed by atoms with Gasteiger partial charge in [0.25, 0.3) is 0 Å². The molecule has 0 aromatic heterocycles. The number of anilines is 1. The minimum absolute atomic E-state index is 0.0445. The number of carboxylic acids is 1. The van der Waals surface area contributed by atoms with E-state index >= 15 is 0 Å². The van der Waals surface area contributed by atoms with E-state index in [1.807, 2.05) is 17.0 Å². The molecule has 2 fully saturated rings. The van der Waals surface area contributed by atoms with Gasteiger partial charge in [0.05, 0.1) is 5.41 Å². The number of hydrogen-bond acceptors (Lipinski definition) is 3. The average Bonchev–Trinajstić information content (AvgIpc) is 3.54. The largest absolute Gasteiger partial charge is 0.490 e. The van der Waals surface area contributed by atoms with Crippen molar-refractivity contribution in [1.82, 2.24) is 5.32 Å². The second-order valence-electron chi connectivity index (χ2n) is 8.80. The summed E-state index contributed by atoms with van der Waals surface area (Å²) in [5.41, 5.74) is 2.26. The van der Waals surface area contributed by atoms with E-state index in [1.165, 1.54) is 11.6 Å². The fourth-order valence-corrected chi connectivity index (χ4v) is 4.98. The van der Waals surface area contributed by atoms with Crippen LogP contribution in [-0.2, 0) is 20.4 Å². The Balaban J connectivity index is 0.000000325. The van der Waals surface area contributed by atoms with Crippen LogP contribution in [0.25, 0.3) is 0 Å². The van der Waals surface area contributed by atoms with Crippen LogP contribution in [0.5, 0.6) is 0 Å². The van der Waals surface area contributed by atoms with E-state index in [9.17, 15) is 22.4 Å². The zero-order valence-electron chi connectivity index (χ0n) is 17.8. The molecule has 0 radical (unpaired) electrons. The van der Waals surface area contributed by atoms with Crippen LogP contribution in [0.4, 0.5) is 23.2 Å². The third kappa shape index (κ3) is 4.21. The summed E-state index contributed by atoms with van der Waals surface area (Å²) in [5, 5.41) is 10.6. The van der Waals surface area contributed by atoms with Gasteiger partial charge in [0.2, 0.25) is 5.91 Å². The van der Waals surface area contributed by atoms with E-state index in [0.29, 0.717) is 5.56 Å². The summed E-state index contributed by atoms with van der Waals surface area (Å²) in [7, 11) is 0. The Hall–Kier alpha value is -2.94. The number of para-hydroxylation sites is 1. The van der Waals surface area contributed by atoms with Gasteiger partial charge < -0.3 is 15.3 Å². The zero-order valence-corrected chi connectivity index (χ0v) is 17.8. The Bertz CT molecular complexity index is 1060. The van der Waals surface area contributed by atoms with Gasteiger partial charge in [-0.25, -0.2) is 9.18 Å². The van der Waals surface area contributed by atoms with Gasteiger partial charge in [-0.2, -0.15) is 13.2 Å². The van der Waals surface area contributed by atoms with Crippen molar-refractivity contribution in [2.75, 3.05) is 24.5 Å². The van der Waals surface area contributed by atoms with Gasteiger partial charge in [0, 0.05) is 23.2 Å². The molecule has 3 aliphatic rings. The minimum Gasteiger partial charge on any atom is -0.475 e. The Morgan fingerprint density at radius 3 is 2.00 bits per heavy atom. The molecule has 1 spiro atoms. The maximum absolute atomic E-state index is 14.4. The van der Waals surface area contributed by atoms with Gasteiger partial charge in [-0.3, -0.25) is 4.79 Å². The molecule has 2 aromatic rings. The normalized spacial score (nSPS) is 19.9. The van der Waals surface area contributed by atoms with Gasteiger partial charge in [0.15, 0.2) is 0 Å². The van der Waals surface area contributed by atoms with E-state index < -0.39 is 17.6 Å². The summed E-state index contributed by atoms with van der Waals surface area (Å²) in [6.07, 6.45) is -1.53. The number of carbonyl (C=O) groups is 2. The third-order valence-corrected chi connectivity index (χ3v) is 6.82. The molecule has 176 valence electrons. The van der Waals surface area contributed by atoms with Crippen molar-refractivity contribution in [3.05, 3.63) is 65.5 Å². The number of benzene rings is 2. The van der Waals surface area contributed by atoms with E-state index in [4.69, 9.17) is 9.90 Å². The molecule has 33 heavy (non-hydrogen) atoms. The number of piperidine rings is 1. The molecule has 0 unspecified atom stereocenters. The summed E-state index contributed by atoms with van der Waals surface area (Å²) in [5.74, 6) is -2.94. The van der Waals surface area contributed by atoms with Crippen LogP contribution in [0.1, 0.15) is 36.8 Å². The number of nitrogens with one attached hydrogen (secondary N) is 1. The number of aliphatic carboxylic acids is 1. The highest BCUT2D eigenvalue weighted by Gasteiger charge is 2.57. The van der Waals surface area contributed by atoms with Crippen LogP contribution >= 0.6 is 0 Å². The average molecular weight is 464 g/mol. The molecule has 5 rings (SSSR count). The number of carbonyl (C=O) groups excluding carboxylic acids is 1. The second-order valence-corrected chi connectivity index (χ2v) is 8.80. The first-order chi connectivity index (χ1) is 15.6. The summed E-state index contributed by atoms with van der Waals surface area (Å²) in [6.45, 7) is 2.69. The van der Waals surface area contributed by atoms with Crippen LogP contribution in [0.2, 0.25) is 0 Å². The molecule has 1 saturated heterocycles. The molecular formula is C24H24F4N2O3. The Kier molecular flexibility index (Phi) is 5.94. The lowest BCUT2D eigenvalue weighted by atomic mass is 9.75. The van der Waals surface area contributed by atoms with Gasteiger partial charge in [-0.15, -0.1) is 0 Å². The van der Waals surface area contributed by atoms with Crippen LogP contribution in [0.15, 0.2) is 48.5 Å². The maximum Gasteiger partial charge on any atom is 0.490 e. The summed E-state index contributed by atoms with van der Waals surface area (Å²) >= 11 is 0. The lowest BCUT2D eigenvalue weighted by molar-refractivity contribution is -0.192. The Morgan fingerprint density at radius 1 is 0.909 bits per heavy atom. The predicted molar refractivity (Wildman–Crippen MR) is 114 cm³/mol. The molecule has 2 aliphatic heterocycles. The fourth-order valence-electron chi connectivity index (χ4n) is 4.98. The van der Waals surface area contributed by atoms with Gasteiger partial charge in [0.1, 0.15) is 5.82 Å². The molecule has 1 saturated carbocycles. The Morgan fingerprint density at radius 2 is 1.45 bits per heavy atom. The zero-order chi connectivity index (χ0) is 23.9. The molecule has 2 heterocycles. The van der Waals surface area contributed by atoms with Crippen molar-refractivity contribution in [3.8, 4) is 0 Å². The molecule has 2 N–H and O–H groups in total. The molecule has 5 nitrogen and oxygen atoms in total. The van der Waals surface area contributed by atoms with Crippen LogP contribution in [0.3, 0.4) is 0 Å². The van der Waals surface area contributed by atoms with Crippen LogP contribution < -0.4 is 10.2 Å². The topological polar surface area (TPSA) is 69.6 Å². The summed E-state index contributed by atoms with van der Waals surface area (Å²) < 4.78 is 46.2. The quantitative estimate of drug-likeness (QED) is 0.655. The summed E-state index contributed by atoms with van der Waals surface area (Å²) in [6, 6.07) is 15.1. The monoisotopic (exact) mass is 464 g/mol. The van der Waals surface area contributed by atoms with Crippen molar-refractivity contribution in [2.24, 2.45) is 0 Å². The number of amides is 1. The predicted octanol–water partition coefficient (Wildman–Crippen LogP) is 4.16. The van der Waals surface area contributed by atoms with Crippen LogP contribution in [0, 0.1) is 5.82 Å². The number of fused-ring (bicyclic) bond motifs is 2. The first-order valence-corrected chi connectivity index (χ1v) is 10.8. The number of alkyl halides is 3. The van der Waals surface area contributed by atoms with E-state index in [-0.39, 0.29) is 17.1 Å². The van der Waals surface area contributed by atoms with Crippen molar-refractivity contribution >= 4 is 17.6 Å². The highest BCUT2D eigenvalue weighted by molar-refractivity contribution is 6.05. The maximum atomic E-state index is 14.4. The number of rotatable bonds is 2. The smallest absolute Gasteiger partial charge is 0.475 e. The molecule has 1 amide bonds. The Labute approximate surface area is 188 Å². The minimum atomic E-state index is -5.08.